The predicted molar refractivity (Wildman–Crippen MR) is 43.4 cm³/mol. The van der Waals surface area contributed by atoms with Crippen LogP contribution in [-0.4, -0.2) is 30.6 Å². The Labute approximate surface area is 71.8 Å². The van der Waals surface area contributed by atoms with Crippen LogP contribution >= 0.6 is 0 Å². The molecule has 0 aliphatic carbocycles. The molecule has 1 atom stereocenters. The third kappa shape index (κ3) is 4.87. The first-order valence-corrected chi connectivity index (χ1v) is 3.80. The summed E-state index contributed by atoms with van der Waals surface area (Å²) < 4.78 is 9.73. The topological polar surface area (TPSA) is 55.8 Å². The van der Waals surface area contributed by atoms with Gasteiger partial charge in [-0.3, -0.25) is 0 Å². The van der Waals surface area contributed by atoms with Crippen molar-refractivity contribution >= 4 is 5.97 Å². The molecular weight excluding hydrogens is 160 g/mol. The highest BCUT2D eigenvalue weighted by atomic mass is 16.7. The van der Waals surface area contributed by atoms with E-state index >= 15 is 0 Å². The maximum atomic E-state index is 10.7. The van der Waals surface area contributed by atoms with E-state index in [1.165, 1.54) is 0 Å². The molecule has 4 nitrogen and oxygen atoms in total. The minimum Gasteiger partial charge on any atom is -0.433 e. The van der Waals surface area contributed by atoms with Crippen molar-refractivity contribution in [3.8, 4) is 0 Å². The normalized spacial score (nSPS) is 12.2. The molecule has 0 aromatic carbocycles. The molecular formula is C8H14O4. The van der Waals surface area contributed by atoms with Crippen LogP contribution in [0.5, 0.6) is 0 Å². The number of rotatable bonds is 6. The van der Waals surface area contributed by atoms with Crippen LogP contribution in [0.4, 0.5) is 0 Å². The van der Waals surface area contributed by atoms with Gasteiger partial charge in [0.2, 0.25) is 6.29 Å². The second-order valence-corrected chi connectivity index (χ2v) is 2.07. The molecule has 0 aliphatic rings. The molecule has 0 amide bonds. The SMILES string of the molecule is C=CC(=O)OC(CC)OCCO. The molecule has 4 heteroatoms. The summed E-state index contributed by atoms with van der Waals surface area (Å²) in [4.78, 5) is 10.7. The Hall–Kier alpha value is -0.870. The highest BCUT2D eigenvalue weighted by molar-refractivity contribution is 5.81. The van der Waals surface area contributed by atoms with E-state index in [2.05, 4.69) is 6.58 Å². The van der Waals surface area contributed by atoms with Gasteiger partial charge in [-0.1, -0.05) is 13.5 Å². The Morgan fingerprint density at radius 2 is 2.42 bits per heavy atom. The maximum Gasteiger partial charge on any atom is 0.332 e. The zero-order valence-electron chi connectivity index (χ0n) is 7.16. The molecule has 0 saturated heterocycles. The van der Waals surface area contributed by atoms with Gasteiger partial charge in [0, 0.05) is 12.5 Å². The molecule has 0 radical (unpaired) electrons. The summed E-state index contributed by atoms with van der Waals surface area (Å²) in [6.07, 6.45) is 1.05. The van der Waals surface area contributed by atoms with E-state index in [1.807, 2.05) is 6.92 Å². The first-order chi connectivity index (χ1) is 5.74. The third-order valence-corrected chi connectivity index (χ3v) is 1.14. The number of carbonyl (C=O) groups excluding carboxylic acids is 1. The predicted octanol–water partition coefficient (Wildman–Crippen LogP) is 0.461. The maximum absolute atomic E-state index is 10.7. The molecule has 0 saturated carbocycles. The van der Waals surface area contributed by atoms with Crippen molar-refractivity contribution in [2.24, 2.45) is 0 Å². The summed E-state index contributed by atoms with van der Waals surface area (Å²) in [7, 11) is 0. The molecule has 0 aromatic heterocycles. The van der Waals surface area contributed by atoms with Crippen LogP contribution in [-0.2, 0) is 14.3 Å². The van der Waals surface area contributed by atoms with E-state index < -0.39 is 12.3 Å². The molecule has 0 rings (SSSR count). The second kappa shape index (κ2) is 6.82. The van der Waals surface area contributed by atoms with Crippen LogP contribution in [0.3, 0.4) is 0 Å². The van der Waals surface area contributed by atoms with Gasteiger partial charge in [0.15, 0.2) is 0 Å². The largest absolute Gasteiger partial charge is 0.433 e. The Morgan fingerprint density at radius 3 is 2.83 bits per heavy atom. The Morgan fingerprint density at radius 1 is 1.75 bits per heavy atom. The molecule has 0 heterocycles. The summed E-state index contributed by atoms with van der Waals surface area (Å²) in [5.41, 5.74) is 0. The molecule has 1 N–H and O–H groups in total. The Balaban J connectivity index is 3.66. The fraction of sp³-hybridized carbons (Fsp3) is 0.625. The smallest absolute Gasteiger partial charge is 0.332 e. The summed E-state index contributed by atoms with van der Waals surface area (Å²) in [6, 6.07) is 0. The van der Waals surface area contributed by atoms with Gasteiger partial charge in [0.25, 0.3) is 0 Å². The minimum atomic E-state index is -0.581. The van der Waals surface area contributed by atoms with Crippen LogP contribution in [0, 0.1) is 0 Å². The summed E-state index contributed by atoms with van der Waals surface area (Å²) in [6.45, 7) is 5.15. The lowest BCUT2D eigenvalue weighted by Gasteiger charge is -2.14. The van der Waals surface area contributed by atoms with E-state index in [9.17, 15) is 4.79 Å². The van der Waals surface area contributed by atoms with E-state index in [0.717, 1.165) is 6.08 Å². The Bertz CT molecular complexity index is 144. The van der Waals surface area contributed by atoms with Gasteiger partial charge in [-0.2, -0.15) is 0 Å². The summed E-state index contributed by atoms with van der Waals surface area (Å²) >= 11 is 0. The number of carbonyl (C=O) groups is 1. The van der Waals surface area contributed by atoms with Gasteiger partial charge in [0.1, 0.15) is 0 Å². The lowest BCUT2D eigenvalue weighted by atomic mass is 10.5. The first kappa shape index (κ1) is 11.1. The molecule has 0 fully saturated rings. The number of hydrogen-bond acceptors (Lipinski definition) is 4. The van der Waals surface area contributed by atoms with Crippen molar-refractivity contribution in [2.45, 2.75) is 19.6 Å². The average molecular weight is 174 g/mol. The minimum absolute atomic E-state index is 0.0812. The average Bonchev–Trinajstić information content (AvgIpc) is 2.11. The molecule has 0 aliphatic heterocycles. The van der Waals surface area contributed by atoms with Crippen molar-refractivity contribution < 1.29 is 19.4 Å². The van der Waals surface area contributed by atoms with Crippen LogP contribution in [0.1, 0.15) is 13.3 Å². The molecule has 12 heavy (non-hydrogen) atoms. The van der Waals surface area contributed by atoms with Crippen molar-refractivity contribution in [2.75, 3.05) is 13.2 Å². The second-order valence-electron chi connectivity index (χ2n) is 2.07. The Kier molecular flexibility index (Phi) is 6.32. The van der Waals surface area contributed by atoms with Crippen LogP contribution in [0.15, 0.2) is 12.7 Å². The summed E-state index contributed by atoms with van der Waals surface area (Å²) in [5, 5.41) is 8.42. The van der Waals surface area contributed by atoms with Crippen LogP contribution in [0.2, 0.25) is 0 Å². The van der Waals surface area contributed by atoms with E-state index in [4.69, 9.17) is 14.6 Å². The number of aliphatic hydroxyl groups is 1. The monoisotopic (exact) mass is 174 g/mol. The van der Waals surface area contributed by atoms with Crippen molar-refractivity contribution in [3.63, 3.8) is 0 Å². The zero-order valence-corrected chi connectivity index (χ0v) is 7.16. The van der Waals surface area contributed by atoms with E-state index in [-0.39, 0.29) is 13.2 Å². The fourth-order valence-corrected chi connectivity index (χ4v) is 0.597. The van der Waals surface area contributed by atoms with Crippen molar-refractivity contribution in [3.05, 3.63) is 12.7 Å². The number of esters is 1. The van der Waals surface area contributed by atoms with E-state index in [1.54, 1.807) is 0 Å². The quantitative estimate of drug-likeness (QED) is 0.361. The molecule has 0 spiro atoms. The summed E-state index contributed by atoms with van der Waals surface area (Å²) in [5.74, 6) is -0.514. The highest BCUT2D eigenvalue weighted by Crippen LogP contribution is 2.00. The fourth-order valence-electron chi connectivity index (χ4n) is 0.597. The molecule has 1 unspecified atom stereocenters. The van der Waals surface area contributed by atoms with E-state index in [0.29, 0.717) is 6.42 Å². The van der Waals surface area contributed by atoms with Gasteiger partial charge < -0.3 is 14.6 Å². The van der Waals surface area contributed by atoms with Crippen LogP contribution < -0.4 is 0 Å². The lowest BCUT2D eigenvalue weighted by molar-refractivity contribution is -0.175. The highest BCUT2D eigenvalue weighted by Gasteiger charge is 2.09. The zero-order chi connectivity index (χ0) is 9.40. The van der Waals surface area contributed by atoms with Crippen LogP contribution in [0.25, 0.3) is 0 Å². The number of ether oxygens (including phenoxy) is 2. The number of hydrogen-bond donors (Lipinski definition) is 1. The molecule has 0 aromatic rings. The van der Waals surface area contributed by atoms with Crippen molar-refractivity contribution in [1.82, 2.24) is 0 Å². The van der Waals surface area contributed by atoms with Gasteiger partial charge in [-0.05, 0) is 0 Å². The molecule has 0 bridgehead atoms. The van der Waals surface area contributed by atoms with Gasteiger partial charge >= 0.3 is 5.97 Å². The first-order valence-electron chi connectivity index (χ1n) is 3.80. The lowest BCUT2D eigenvalue weighted by Crippen LogP contribution is -2.20. The van der Waals surface area contributed by atoms with Gasteiger partial charge in [-0.25, -0.2) is 4.79 Å². The number of aliphatic hydroxyl groups excluding tert-OH is 1. The third-order valence-electron chi connectivity index (χ3n) is 1.14. The standard InChI is InChI=1S/C8H14O4/c1-3-7(10)12-8(4-2)11-6-5-9/h3,8-9H,1,4-6H2,2H3. The van der Waals surface area contributed by atoms with Gasteiger partial charge in [-0.15, -0.1) is 0 Å². The molecule has 70 valence electrons. The van der Waals surface area contributed by atoms with Crippen molar-refractivity contribution in [1.29, 1.82) is 0 Å². The van der Waals surface area contributed by atoms with Gasteiger partial charge in [0.05, 0.1) is 13.2 Å².